The first-order valence-corrected chi connectivity index (χ1v) is 12.9. The molecule has 1 aliphatic heterocycles. The first-order valence-electron chi connectivity index (χ1n) is 10.6. The minimum Gasteiger partial charge on any atom is -0.486 e. The average Bonchev–Trinajstić information content (AvgIpc) is 3.21. The standard InChI is InChI=1S/C21H25N5O5S2/c1-4-25(5-2)33(28,29)16-7-9-19-23-24-21(26(19)13-16)32-14(3)20(27)22-15-6-8-17-18(12-15)31-11-10-30-17/h6-9,12-14H,4-5,10-11H2,1-3H3,(H,22,27)/t14-/m1/s1. The zero-order valence-corrected chi connectivity index (χ0v) is 20.1. The third-order valence-electron chi connectivity index (χ3n) is 5.15. The Morgan fingerprint density at radius 3 is 2.61 bits per heavy atom. The van der Waals surface area contributed by atoms with Crippen molar-refractivity contribution in [2.75, 3.05) is 31.6 Å². The summed E-state index contributed by atoms with van der Waals surface area (Å²) in [5.41, 5.74) is 1.09. The minimum atomic E-state index is -3.63. The summed E-state index contributed by atoms with van der Waals surface area (Å²) >= 11 is 1.19. The number of hydrogen-bond acceptors (Lipinski definition) is 8. The maximum atomic E-state index is 12.9. The molecule has 0 radical (unpaired) electrons. The average molecular weight is 492 g/mol. The summed E-state index contributed by atoms with van der Waals surface area (Å²) in [6, 6.07) is 8.35. The number of ether oxygens (including phenoxy) is 2. The number of nitrogens with zero attached hydrogens (tertiary/aromatic N) is 4. The predicted octanol–water partition coefficient (Wildman–Crippen LogP) is 2.65. The molecule has 12 heteroatoms. The van der Waals surface area contributed by atoms with Gasteiger partial charge in [-0.2, -0.15) is 4.31 Å². The molecule has 176 valence electrons. The van der Waals surface area contributed by atoms with Crippen molar-refractivity contribution in [2.24, 2.45) is 0 Å². The van der Waals surface area contributed by atoms with Crippen LogP contribution in [-0.4, -0.2) is 64.8 Å². The van der Waals surface area contributed by atoms with Gasteiger partial charge in [0.1, 0.15) is 13.2 Å². The zero-order chi connectivity index (χ0) is 23.6. The van der Waals surface area contributed by atoms with Gasteiger partial charge in [-0.15, -0.1) is 10.2 Å². The summed E-state index contributed by atoms with van der Waals surface area (Å²) in [5.74, 6) is 0.997. The molecule has 1 aromatic carbocycles. The molecular weight excluding hydrogens is 466 g/mol. The number of thioether (sulfide) groups is 1. The van der Waals surface area contributed by atoms with Gasteiger partial charge in [-0.05, 0) is 31.2 Å². The van der Waals surface area contributed by atoms with Crippen LogP contribution in [0.1, 0.15) is 20.8 Å². The Morgan fingerprint density at radius 1 is 1.15 bits per heavy atom. The van der Waals surface area contributed by atoms with Crippen LogP contribution in [0.25, 0.3) is 5.65 Å². The third-order valence-corrected chi connectivity index (χ3v) is 8.24. The van der Waals surface area contributed by atoms with Crippen molar-refractivity contribution in [3.05, 3.63) is 36.5 Å². The highest BCUT2D eigenvalue weighted by Gasteiger charge is 2.24. The number of aromatic nitrogens is 3. The molecular formula is C21H25N5O5S2. The lowest BCUT2D eigenvalue weighted by atomic mass is 10.2. The van der Waals surface area contributed by atoms with Crippen molar-refractivity contribution in [3.8, 4) is 11.5 Å². The molecule has 0 aliphatic carbocycles. The Hall–Kier alpha value is -2.83. The Balaban J connectivity index is 1.51. The fourth-order valence-corrected chi connectivity index (χ4v) is 5.66. The van der Waals surface area contributed by atoms with Gasteiger partial charge in [-0.1, -0.05) is 25.6 Å². The number of benzene rings is 1. The predicted molar refractivity (Wildman–Crippen MR) is 124 cm³/mol. The van der Waals surface area contributed by atoms with Crippen LogP contribution in [0.15, 0.2) is 46.6 Å². The van der Waals surface area contributed by atoms with Gasteiger partial charge in [0.2, 0.25) is 15.9 Å². The molecule has 2 aromatic heterocycles. The fourth-order valence-electron chi connectivity index (χ4n) is 3.37. The van der Waals surface area contributed by atoms with Crippen LogP contribution < -0.4 is 14.8 Å². The summed E-state index contributed by atoms with van der Waals surface area (Å²) in [6.45, 7) is 7.04. The van der Waals surface area contributed by atoms with E-state index >= 15 is 0 Å². The van der Waals surface area contributed by atoms with E-state index in [1.165, 1.54) is 28.3 Å². The monoisotopic (exact) mass is 491 g/mol. The van der Waals surface area contributed by atoms with Gasteiger partial charge >= 0.3 is 0 Å². The van der Waals surface area contributed by atoms with Gasteiger partial charge in [-0.25, -0.2) is 8.42 Å². The molecule has 33 heavy (non-hydrogen) atoms. The van der Waals surface area contributed by atoms with E-state index in [1.807, 2.05) is 0 Å². The maximum Gasteiger partial charge on any atom is 0.244 e. The molecule has 0 bridgehead atoms. The van der Waals surface area contributed by atoms with E-state index in [0.717, 1.165) is 0 Å². The van der Waals surface area contributed by atoms with Crippen LogP contribution in [0.4, 0.5) is 5.69 Å². The summed E-state index contributed by atoms with van der Waals surface area (Å²) in [6.07, 6.45) is 1.50. The second-order valence-corrected chi connectivity index (χ2v) is 10.5. The summed E-state index contributed by atoms with van der Waals surface area (Å²) in [4.78, 5) is 12.9. The van der Waals surface area contributed by atoms with Gasteiger partial charge in [0.25, 0.3) is 0 Å². The SMILES string of the molecule is CCN(CC)S(=O)(=O)c1ccc2nnc(S[C@H](C)C(=O)Nc3ccc4c(c3)OCCO4)n2c1. The van der Waals surface area contributed by atoms with E-state index in [1.54, 1.807) is 49.4 Å². The molecule has 0 saturated heterocycles. The van der Waals surface area contributed by atoms with Gasteiger partial charge in [-0.3, -0.25) is 9.20 Å². The van der Waals surface area contributed by atoms with Gasteiger partial charge < -0.3 is 14.8 Å². The number of nitrogens with one attached hydrogen (secondary N) is 1. The Labute approximate surface area is 196 Å². The topological polar surface area (TPSA) is 115 Å². The fraction of sp³-hybridized carbons (Fsp3) is 0.381. The number of sulfonamides is 1. The van der Waals surface area contributed by atoms with Gasteiger partial charge in [0, 0.05) is 31.0 Å². The smallest absolute Gasteiger partial charge is 0.244 e. The van der Waals surface area contributed by atoms with Crippen LogP contribution in [0.2, 0.25) is 0 Å². The van der Waals surface area contributed by atoms with Crippen molar-refractivity contribution < 1.29 is 22.7 Å². The molecule has 1 amide bonds. The highest BCUT2D eigenvalue weighted by molar-refractivity contribution is 8.00. The normalized spacial score (nSPS) is 14.4. The summed E-state index contributed by atoms with van der Waals surface area (Å²) < 4.78 is 39.8. The first kappa shape index (κ1) is 23.3. The largest absolute Gasteiger partial charge is 0.486 e. The minimum absolute atomic E-state index is 0.147. The Morgan fingerprint density at radius 2 is 1.88 bits per heavy atom. The van der Waals surface area contributed by atoms with E-state index in [4.69, 9.17) is 9.47 Å². The van der Waals surface area contributed by atoms with Crippen LogP contribution in [0, 0.1) is 0 Å². The van der Waals surface area contributed by atoms with Crippen molar-refractivity contribution in [2.45, 2.75) is 36.1 Å². The molecule has 3 heterocycles. The quantitative estimate of drug-likeness (QED) is 0.478. The number of pyridine rings is 1. The van der Waals surface area contributed by atoms with E-state index in [-0.39, 0.29) is 10.8 Å². The van der Waals surface area contributed by atoms with Crippen LogP contribution >= 0.6 is 11.8 Å². The lowest BCUT2D eigenvalue weighted by Crippen LogP contribution is -2.30. The number of hydrogen-bond donors (Lipinski definition) is 1. The second-order valence-electron chi connectivity index (χ2n) is 7.27. The maximum absolute atomic E-state index is 12.9. The lowest BCUT2D eigenvalue weighted by molar-refractivity contribution is -0.115. The number of fused-ring (bicyclic) bond motifs is 2. The second kappa shape index (κ2) is 9.57. The van der Waals surface area contributed by atoms with Crippen molar-refractivity contribution in [3.63, 3.8) is 0 Å². The molecule has 0 fully saturated rings. The van der Waals surface area contributed by atoms with Gasteiger partial charge in [0.15, 0.2) is 22.3 Å². The molecule has 3 aromatic rings. The zero-order valence-electron chi connectivity index (χ0n) is 18.5. The molecule has 4 rings (SSSR count). The molecule has 1 aliphatic rings. The highest BCUT2D eigenvalue weighted by atomic mass is 32.2. The van der Waals surface area contributed by atoms with E-state index < -0.39 is 15.3 Å². The van der Waals surface area contributed by atoms with E-state index in [0.29, 0.717) is 54.3 Å². The summed E-state index contributed by atoms with van der Waals surface area (Å²) in [5, 5.41) is 11.0. The lowest BCUT2D eigenvalue weighted by Gasteiger charge is -2.19. The van der Waals surface area contributed by atoms with E-state index in [2.05, 4.69) is 15.5 Å². The molecule has 0 spiro atoms. The molecule has 0 unspecified atom stereocenters. The Bertz CT molecular complexity index is 1270. The van der Waals surface area contributed by atoms with Crippen LogP contribution in [-0.2, 0) is 14.8 Å². The molecule has 10 nitrogen and oxygen atoms in total. The highest BCUT2D eigenvalue weighted by Crippen LogP contribution is 2.33. The molecule has 0 saturated carbocycles. The van der Waals surface area contributed by atoms with Gasteiger partial charge in [0.05, 0.1) is 10.1 Å². The number of amides is 1. The van der Waals surface area contributed by atoms with Crippen LogP contribution in [0.3, 0.4) is 0 Å². The summed E-state index contributed by atoms with van der Waals surface area (Å²) in [7, 11) is -3.63. The number of carbonyl (C=O) groups excluding carboxylic acids is 1. The van der Waals surface area contributed by atoms with E-state index in [9.17, 15) is 13.2 Å². The number of rotatable bonds is 8. The molecule has 1 atom stereocenters. The van der Waals surface area contributed by atoms with Crippen LogP contribution in [0.5, 0.6) is 11.5 Å². The van der Waals surface area contributed by atoms with Crippen molar-refractivity contribution in [1.82, 2.24) is 18.9 Å². The third kappa shape index (κ3) is 4.77. The molecule has 1 N–H and O–H groups in total. The first-order chi connectivity index (χ1) is 15.8. The van der Waals surface area contributed by atoms with Crippen molar-refractivity contribution in [1.29, 1.82) is 0 Å². The number of anilines is 1. The van der Waals surface area contributed by atoms with Crippen molar-refractivity contribution >= 4 is 39.0 Å². The Kier molecular flexibility index (Phi) is 6.77. The number of carbonyl (C=O) groups is 1.